The molecule has 19 heavy (non-hydrogen) atoms. The van der Waals surface area contributed by atoms with Crippen molar-refractivity contribution in [2.24, 2.45) is 0 Å². The second kappa shape index (κ2) is 7.47. The number of rotatable bonds is 6. The molecule has 2 heterocycles. The van der Waals surface area contributed by atoms with E-state index in [9.17, 15) is 4.79 Å². The molecule has 1 atom stereocenters. The van der Waals surface area contributed by atoms with Gasteiger partial charge in [-0.3, -0.25) is 0 Å². The fourth-order valence-corrected chi connectivity index (χ4v) is 2.44. The van der Waals surface area contributed by atoms with Crippen LogP contribution in [0.5, 0.6) is 0 Å². The van der Waals surface area contributed by atoms with Crippen molar-refractivity contribution in [3.8, 4) is 0 Å². The van der Waals surface area contributed by atoms with E-state index < -0.39 is 5.97 Å². The lowest BCUT2D eigenvalue weighted by Crippen LogP contribution is -2.23. The van der Waals surface area contributed by atoms with Crippen LogP contribution in [0.25, 0.3) is 0 Å². The monoisotopic (exact) mass is 283 g/mol. The van der Waals surface area contributed by atoms with Gasteiger partial charge < -0.3 is 14.6 Å². The average molecular weight is 283 g/mol. The molecule has 5 nitrogen and oxygen atoms in total. The third kappa shape index (κ3) is 4.81. The van der Waals surface area contributed by atoms with E-state index in [0.29, 0.717) is 6.61 Å². The third-order valence-electron chi connectivity index (χ3n) is 2.76. The van der Waals surface area contributed by atoms with Crippen LogP contribution in [0, 0.1) is 0 Å². The normalized spacial score (nSPS) is 19.3. The first kappa shape index (κ1) is 14.3. The van der Waals surface area contributed by atoms with E-state index >= 15 is 0 Å². The summed E-state index contributed by atoms with van der Waals surface area (Å²) < 4.78 is 11.1. The van der Waals surface area contributed by atoms with E-state index in [1.165, 1.54) is 6.20 Å². The predicted molar refractivity (Wildman–Crippen MR) is 71.5 cm³/mol. The summed E-state index contributed by atoms with van der Waals surface area (Å²) in [5.74, 6) is -0.180. The molecular formula is C13H17NO4S. The standard InChI is InChI=1S/C13H17NO4S/c15-13(16)10-4-5-11(14-9-10)19-8-7-18-12-3-1-2-6-17-12/h4-5,9,12H,1-3,6-8H2,(H,15,16). The molecule has 0 bridgehead atoms. The largest absolute Gasteiger partial charge is 0.478 e. The zero-order chi connectivity index (χ0) is 13.5. The summed E-state index contributed by atoms with van der Waals surface area (Å²) >= 11 is 1.54. The van der Waals surface area contributed by atoms with Crippen LogP contribution in [-0.4, -0.2) is 41.3 Å². The minimum absolute atomic E-state index is 0.0586. The van der Waals surface area contributed by atoms with Crippen molar-refractivity contribution in [2.75, 3.05) is 19.0 Å². The van der Waals surface area contributed by atoms with Crippen molar-refractivity contribution < 1.29 is 19.4 Å². The number of carboxylic acid groups (broad SMARTS) is 1. The highest BCUT2D eigenvalue weighted by molar-refractivity contribution is 7.99. The quantitative estimate of drug-likeness (QED) is 0.638. The summed E-state index contributed by atoms with van der Waals surface area (Å²) in [6, 6.07) is 3.27. The number of carboxylic acids is 1. The Kier molecular flexibility index (Phi) is 5.62. The second-order valence-electron chi connectivity index (χ2n) is 4.21. The fraction of sp³-hybridized carbons (Fsp3) is 0.538. The molecule has 0 aromatic carbocycles. The van der Waals surface area contributed by atoms with Crippen molar-refractivity contribution in [3.63, 3.8) is 0 Å². The summed E-state index contributed by atoms with van der Waals surface area (Å²) in [6.45, 7) is 1.40. The summed E-state index contributed by atoms with van der Waals surface area (Å²) in [4.78, 5) is 14.7. The topological polar surface area (TPSA) is 68.7 Å². The summed E-state index contributed by atoms with van der Waals surface area (Å²) in [6.07, 6.45) is 4.56. The molecule has 0 radical (unpaired) electrons. The van der Waals surface area contributed by atoms with Gasteiger partial charge in [-0.15, -0.1) is 11.8 Å². The van der Waals surface area contributed by atoms with Gasteiger partial charge in [0, 0.05) is 18.6 Å². The van der Waals surface area contributed by atoms with Gasteiger partial charge in [0.2, 0.25) is 0 Å². The van der Waals surface area contributed by atoms with E-state index in [2.05, 4.69) is 4.98 Å². The number of carbonyl (C=O) groups is 1. The Bertz CT molecular complexity index is 404. The van der Waals surface area contributed by atoms with Crippen LogP contribution in [0.15, 0.2) is 23.4 Å². The van der Waals surface area contributed by atoms with Crippen molar-refractivity contribution in [1.82, 2.24) is 4.98 Å². The van der Waals surface area contributed by atoms with Gasteiger partial charge in [-0.05, 0) is 31.4 Å². The van der Waals surface area contributed by atoms with E-state index in [0.717, 1.165) is 36.6 Å². The lowest BCUT2D eigenvalue weighted by atomic mass is 10.2. The van der Waals surface area contributed by atoms with Crippen LogP contribution in [-0.2, 0) is 9.47 Å². The van der Waals surface area contributed by atoms with Crippen LogP contribution < -0.4 is 0 Å². The Morgan fingerprint density at radius 3 is 3.05 bits per heavy atom. The molecule has 1 aliphatic heterocycles. The molecule has 6 heteroatoms. The van der Waals surface area contributed by atoms with Gasteiger partial charge in [0.25, 0.3) is 0 Å². The van der Waals surface area contributed by atoms with Crippen LogP contribution in [0.4, 0.5) is 0 Å². The molecular weight excluding hydrogens is 266 g/mol. The molecule has 0 saturated carbocycles. The Morgan fingerprint density at radius 1 is 1.53 bits per heavy atom. The number of pyridine rings is 1. The maximum atomic E-state index is 10.7. The number of aromatic nitrogens is 1. The van der Waals surface area contributed by atoms with Crippen LogP contribution in [0.3, 0.4) is 0 Å². The highest BCUT2D eigenvalue weighted by Crippen LogP contribution is 2.17. The van der Waals surface area contributed by atoms with E-state index in [1.54, 1.807) is 23.9 Å². The van der Waals surface area contributed by atoms with Gasteiger partial charge in [-0.1, -0.05) is 0 Å². The minimum atomic E-state index is -0.957. The molecule has 1 aromatic heterocycles. The molecule has 0 aliphatic carbocycles. The molecule has 1 saturated heterocycles. The maximum Gasteiger partial charge on any atom is 0.337 e. The molecule has 104 valence electrons. The number of aromatic carboxylic acids is 1. The van der Waals surface area contributed by atoms with Crippen LogP contribution in [0.1, 0.15) is 29.6 Å². The number of hydrogen-bond acceptors (Lipinski definition) is 5. The Morgan fingerprint density at radius 2 is 2.42 bits per heavy atom. The molecule has 2 rings (SSSR count). The first-order valence-corrected chi connectivity index (χ1v) is 7.29. The van der Waals surface area contributed by atoms with Gasteiger partial charge in [-0.25, -0.2) is 9.78 Å². The molecule has 0 spiro atoms. The molecule has 1 aromatic rings. The highest BCUT2D eigenvalue weighted by atomic mass is 32.2. The second-order valence-corrected chi connectivity index (χ2v) is 5.32. The first-order valence-electron chi connectivity index (χ1n) is 6.31. The van der Waals surface area contributed by atoms with Gasteiger partial charge in [0.1, 0.15) is 0 Å². The van der Waals surface area contributed by atoms with Crippen molar-refractivity contribution in [3.05, 3.63) is 23.9 Å². The molecule has 0 amide bonds. The van der Waals surface area contributed by atoms with Gasteiger partial charge in [0.15, 0.2) is 6.29 Å². The fourth-order valence-electron chi connectivity index (χ4n) is 1.76. The summed E-state index contributed by atoms with van der Waals surface area (Å²) in [5.41, 5.74) is 0.205. The number of nitrogens with zero attached hydrogens (tertiary/aromatic N) is 1. The first-order chi connectivity index (χ1) is 9.25. The molecule has 1 unspecified atom stereocenters. The van der Waals surface area contributed by atoms with Crippen molar-refractivity contribution in [1.29, 1.82) is 0 Å². The SMILES string of the molecule is O=C(O)c1ccc(SCCOC2CCCCO2)nc1. The van der Waals surface area contributed by atoms with E-state index in [4.69, 9.17) is 14.6 Å². The minimum Gasteiger partial charge on any atom is -0.478 e. The van der Waals surface area contributed by atoms with Crippen molar-refractivity contribution in [2.45, 2.75) is 30.6 Å². The van der Waals surface area contributed by atoms with Crippen molar-refractivity contribution >= 4 is 17.7 Å². The molecule has 1 aliphatic rings. The number of thioether (sulfide) groups is 1. The predicted octanol–water partition coefficient (Wildman–Crippen LogP) is 2.42. The maximum absolute atomic E-state index is 10.7. The lowest BCUT2D eigenvalue weighted by molar-refractivity contribution is -0.158. The van der Waals surface area contributed by atoms with Gasteiger partial charge >= 0.3 is 5.97 Å². The number of hydrogen-bond donors (Lipinski definition) is 1. The zero-order valence-electron chi connectivity index (χ0n) is 10.6. The van der Waals surface area contributed by atoms with Crippen LogP contribution >= 0.6 is 11.8 Å². The molecule has 1 N–H and O–H groups in total. The zero-order valence-corrected chi connectivity index (χ0v) is 11.4. The van der Waals surface area contributed by atoms with Gasteiger partial charge in [0.05, 0.1) is 17.2 Å². The number of ether oxygens (including phenoxy) is 2. The smallest absolute Gasteiger partial charge is 0.337 e. The summed E-state index contributed by atoms with van der Waals surface area (Å²) in [7, 11) is 0. The Balaban J connectivity index is 1.66. The Labute approximate surface area is 116 Å². The van der Waals surface area contributed by atoms with E-state index in [-0.39, 0.29) is 11.9 Å². The van der Waals surface area contributed by atoms with Crippen LogP contribution in [0.2, 0.25) is 0 Å². The third-order valence-corrected chi connectivity index (χ3v) is 3.67. The summed E-state index contributed by atoms with van der Waals surface area (Å²) in [5, 5.41) is 9.56. The average Bonchev–Trinajstić information content (AvgIpc) is 2.45. The van der Waals surface area contributed by atoms with Gasteiger partial charge in [-0.2, -0.15) is 0 Å². The highest BCUT2D eigenvalue weighted by Gasteiger charge is 2.13. The molecule has 1 fully saturated rings. The van der Waals surface area contributed by atoms with E-state index in [1.807, 2.05) is 0 Å². The Hall–Kier alpha value is -1.11. The lowest BCUT2D eigenvalue weighted by Gasteiger charge is -2.22.